The third-order valence-corrected chi connectivity index (χ3v) is 1.29. The molecule has 0 aliphatic heterocycles. The molecule has 0 amide bonds. The van der Waals surface area contributed by atoms with Crippen LogP contribution in [0.25, 0.3) is 0 Å². The van der Waals surface area contributed by atoms with Gasteiger partial charge in [0.15, 0.2) is 0 Å². The molecule has 0 rings (SSSR count). The quantitative estimate of drug-likeness (QED) is 0.436. The standard InChI is InChI=1S/C9H15N3/c1-4-6-8(12-5-2)9(11)7(3)10/h4-6,10,12H,2,11H2,1,3H3/b6-4-,9-8-,10-7?. The second-order valence-electron chi connectivity index (χ2n) is 2.30. The average Bonchev–Trinajstić information content (AvgIpc) is 2.03. The summed E-state index contributed by atoms with van der Waals surface area (Å²) < 4.78 is 0. The van der Waals surface area contributed by atoms with Crippen LogP contribution < -0.4 is 11.1 Å². The largest absolute Gasteiger partial charge is 0.396 e. The van der Waals surface area contributed by atoms with Gasteiger partial charge in [0.2, 0.25) is 0 Å². The second-order valence-corrected chi connectivity index (χ2v) is 2.30. The molecule has 4 N–H and O–H groups in total. The summed E-state index contributed by atoms with van der Waals surface area (Å²) >= 11 is 0. The van der Waals surface area contributed by atoms with Crippen molar-refractivity contribution in [2.75, 3.05) is 0 Å². The highest BCUT2D eigenvalue weighted by molar-refractivity contribution is 5.95. The fourth-order valence-corrected chi connectivity index (χ4v) is 0.694. The number of allylic oxidation sites excluding steroid dienone is 3. The Morgan fingerprint density at radius 3 is 2.50 bits per heavy atom. The van der Waals surface area contributed by atoms with Crippen molar-refractivity contribution in [3.8, 4) is 0 Å². The van der Waals surface area contributed by atoms with E-state index in [-0.39, 0.29) is 0 Å². The van der Waals surface area contributed by atoms with E-state index >= 15 is 0 Å². The molecule has 0 fully saturated rings. The molecule has 0 saturated carbocycles. The number of rotatable bonds is 4. The predicted molar refractivity (Wildman–Crippen MR) is 52.8 cm³/mol. The molecule has 0 aromatic rings. The normalized spacial score (nSPS) is 12.5. The van der Waals surface area contributed by atoms with Gasteiger partial charge in [-0.2, -0.15) is 0 Å². The number of nitrogens with two attached hydrogens (primary N) is 1. The zero-order valence-corrected chi connectivity index (χ0v) is 7.52. The first-order valence-electron chi connectivity index (χ1n) is 3.68. The summed E-state index contributed by atoms with van der Waals surface area (Å²) in [6, 6.07) is 0. The number of nitrogens with one attached hydrogen (secondary N) is 2. The van der Waals surface area contributed by atoms with Crippen LogP contribution in [-0.2, 0) is 0 Å². The lowest BCUT2D eigenvalue weighted by Crippen LogP contribution is -2.16. The molecule has 0 atom stereocenters. The van der Waals surface area contributed by atoms with Crippen LogP contribution in [0.4, 0.5) is 0 Å². The summed E-state index contributed by atoms with van der Waals surface area (Å²) in [5.41, 5.74) is 7.12. The summed E-state index contributed by atoms with van der Waals surface area (Å²) in [5.74, 6) is 0. The molecular formula is C9H15N3. The number of hydrogen-bond acceptors (Lipinski definition) is 3. The SMILES string of the molecule is C=CNC(/C=C\C)=C(\N)C(C)=N. The predicted octanol–water partition coefficient (Wildman–Crippen LogP) is 1.51. The van der Waals surface area contributed by atoms with Gasteiger partial charge in [0.05, 0.1) is 17.1 Å². The minimum absolute atomic E-state index is 0.345. The monoisotopic (exact) mass is 165 g/mol. The Morgan fingerprint density at radius 1 is 1.58 bits per heavy atom. The van der Waals surface area contributed by atoms with E-state index in [9.17, 15) is 0 Å². The number of hydrogen-bond donors (Lipinski definition) is 3. The van der Waals surface area contributed by atoms with Gasteiger partial charge in [0.25, 0.3) is 0 Å². The minimum atomic E-state index is 0.345. The molecule has 0 aliphatic carbocycles. The molecule has 0 heterocycles. The van der Waals surface area contributed by atoms with Crippen molar-refractivity contribution < 1.29 is 0 Å². The first-order valence-corrected chi connectivity index (χ1v) is 3.68. The van der Waals surface area contributed by atoms with Crippen molar-refractivity contribution in [3.05, 3.63) is 36.3 Å². The molecule has 0 spiro atoms. The molecular weight excluding hydrogens is 150 g/mol. The summed E-state index contributed by atoms with van der Waals surface area (Å²) in [7, 11) is 0. The van der Waals surface area contributed by atoms with Crippen molar-refractivity contribution in [1.29, 1.82) is 5.41 Å². The molecule has 0 aromatic carbocycles. The van der Waals surface area contributed by atoms with Crippen LogP contribution in [0.2, 0.25) is 0 Å². The zero-order chi connectivity index (χ0) is 9.56. The lowest BCUT2D eigenvalue weighted by atomic mass is 10.2. The first kappa shape index (κ1) is 10.5. The van der Waals surface area contributed by atoms with Crippen LogP contribution in [0, 0.1) is 5.41 Å². The van der Waals surface area contributed by atoms with E-state index in [4.69, 9.17) is 11.1 Å². The third kappa shape index (κ3) is 3.05. The van der Waals surface area contributed by atoms with Gasteiger partial charge in [-0.3, -0.25) is 0 Å². The topological polar surface area (TPSA) is 61.9 Å². The Bertz CT molecular complexity index is 236. The maximum atomic E-state index is 7.30. The van der Waals surface area contributed by atoms with E-state index in [1.54, 1.807) is 13.0 Å². The molecule has 0 aromatic heterocycles. The molecule has 66 valence electrons. The smallest absolute Gasteiger partial charge is 0.0761 e. The highest BCUT2D eigenvalue weighted by Crippen LogP contribution is 1.98. The first-order chi connectivity index (χ1) is 5.63. The van der Waals surface area contributed by atoms with Gasteiger partial charge < -0.3 is 16.5 Å². The van der Waals surface area contributed by atoms with Gasteiger partial charge in [0, 0.05) is 0 Å². The van der Waals surface area contributed by atoms with E-state index in [1.807, 2.05) is 13.0 Å². The molecule has 3 heteroatoms. The fraction of sp³-hybridized carbons (Fsp3) is 0.222. The van der Waals surface area contributed by atoms with Gasteiger partial charge >= 0.3 is 0 Å². The van der Waals surface area contributed by atoms with E-state index in [0.29, 0.717) is 17.1 Å². The summed E-state index contributed by atoms with van der Waals surface area (Å²) in [5, 5.41) is 10.2. The minimum Gasteiger partial charge on any atom is -0.396 e. The summed E-state index contributed by atoms with van der Waals surface area (Å²) in [4.78, 5) is 0. The summed E-state index contributed by atoms with van der Waals surface area (Å²) in [6.07, 6.45) is 5.18. The highest BCUT2D eigenvalue weighted by Gasteiger charge is 1.99. The maximum absolute atomic E-state index is 7.30. The summed E-state index contributed by atoms with van der Waals surface area (Å²) in [6.45, 7) is 7.05. The van der Waals surface area contributed by atoms with Crippen LogP contribution in [0.3, 0.4) is 0 Å². The van der Waals surface area contributed by atoms with Crippen LogP contribution in [0.15, 0.2) is 36.3 Å². The molecule has 0 aliphatic rings. The Kier molecular flexibility index (Phi) is 4.53. The molecule has 12 heavy (non-hydrogen) atoms. The Hall–Kier alpha value is -1.51. The molecule has 3 nitrogen and oxygen atoms in total. The maximum Gasteiger partial charge on any atom is 0.0761 e. The van der Waals surface area contributed by atoms with Crippen LogP contribution in [0.1, 0.15) is 13.8 Å². The molecule has 0 radical (unpaired) electrons. The van der Waals surface area contributed by atoms with Gasteiger partial charge in [-0.15, -0.1) is 0 Å². The molecule has 0 saturated heterocycles. The van der Waals surface area contributed by atoms with Crippen molar-refractivity contribution >= 4 is 5.71 Å². The van der Waals surface area contributed by atoms with Crippen LogP contribution >= 0.6 is 0 Å². The lowest BCUT2D eigenvalue weighted by molar-refractivity contribution is 1.08. The van der Waals surface area contributed by atoms with Crippen molar-refractivity contribution in [2.24, 2.45) is 5.73 Å². The fourth-order valence-electron chi connectivity index (χ4n) is 0.694. The highest BCUT2D eigenvalue weighted by atomic mass is 14.9. The van der Waals surface area contributed by atoms with E-state index < -0.39 is 0 Å². The van der Waals surface area contributed by atoms with Gasteiger partial charge in [-0.1, -0.05) is 12.7 Å². The second kappa shape index (κ2) is 5.18. The van der Waals surface area contributed by atoms with E-state index in [1.165, 1.54) is 6.20 Å². The Labute approximate surface area is 73.2 Å². The van der Waals surface area contributed by atoms with Crippen LogP contribution in [-0.4, -0.2) is 5.71 Å². The lowest BCUT2D eigenvalue weighted by Gasteiger charge is -2.05. The van der Waals surface area contributed by atoms with Crippen molar-refractivity contribution in [1.82, 2.24) is 5.32 Å². The van der Waals surface area contributed by atoms with Crippen LogP contribution in [0.5, 0.6) is 0 Å². The Morgan fingerprint density at radius 2 is 2.17 bits per heavy atom. The molecule has 0 unspecified atom stereocenters. The van der Waals surface area contributed by atoms with Gasteiger partial charge in [0.1, 0.15) is 0 Å². The third-order valence-electron chi connectivity index (χ3n) is 1.29. The van der Waals surface area contributed by atoms with E-state index in [0.717, 1.165) is 0 Å². The van der Waals surface area contributed by atoms with Crippen molar-refractivity contribution in [2.45, 2.75) is 13.8 Å². The molecule has 0 bridgehead atoms. The van der Waals surface area contributed by atoms with Gasteiger partial charge in [-0.05, 0) is 26.1 Å². The van der Waals surface area contributed by atoms with E-state index in [2.05, 4.69) is 11.9 Å². The Balaban J connectivity index is 4.78. The van der Waals surface area contributed by atoms with Crippen molar-refractivity contribution in [3.63, 3.8) is 0 Å². The zero-order valence-electron chi connectivity index (χ0n) is 7.52. The van der Waals surface area contributed by atoms with Gasteiger partial charge in [-0.25, -0.2) is 0 Å². The average molecular weight is 165 g/mol.